The van der Waals surface area contributed by atoms with Gasteiger partial charge in [-0.1, -0.05) is 24.3 Å². The SMILES string of the molecule is CCOC(CN)c1ccccc1C. The van der Waals surface area contributed by atoms with E-state index in [0.29, 0.717) is 13.2 Å². The van der Waals surface area contributed by atoms with Crippen LogP contribution in [0.3, 0.4) is 0 Å². The molecule has 1 atom stereocenters. The summed E-state index contributed by atoms with van der Waals surface area (Å²) in [5, 5.41) is 0. The van der Waals surface area contributed by atoms with E-state index >= 15 is 0 Å². The van der Waals surface area contributed by atoms with E-state index in [1.165, 1.54) is 11.1 Å². The van der Waals surface area contributed by atoms with Gasteiger partial charge in [-0.25, -0.2) is 0 Å². The molecule has 0 saturated heterocycles. The number of ether oxygens (including phenoxy) is 1. The highest BCUT2D eigenvalue weighted by Gasteiger charge is 2.10. The Morgan fingerprint density at radius 2 is 2.08 bits per heavy atom. The molecule has 0 aliphatic heterocycles. The summed E-state index contributed by atoms with van der Waals surface area (Å²) in [6.07, 6.45) is 0.0474. The second-order valence-electron chi connectivity index (χ2n) is 3.04. The first-order chi connectivity index (χ1) is 6.29. The summed E-state index contributed by atoms with van der Waals surface area (Å²) in [5.74, 6) is 0. The van der Waals surface area contributed by atoms with Gasteiger partial charge in [-0.3, -0.25) is 0 Å². The van der Waals surface area contributed by atoms with Gasteiger partial charge in [0.1, 0.15) is 0 Å². The van der Waals surface area contributed by atoms with Gasteiger partial charge in [-0.15, -0.1) is 0 Å². The zero-order valence-corrected chi connectivity index (χ0v) is 8.29. The molecule has 0 amide bonds. The van der Waals surface area contributed by atoms with Crippen LogP contribution in [-0.2, 0) is 4.74 Å². The highest BCUT2D eigenvalue weighted by molar-refractivity contribution is 5.27. The van der Waals surface area contributed by atoms with Gasteiger partial charge in [0.15, 0.2) is 0 Å². The lowest BCUT2D eigenvalue weighted by Gasteiger charge is -2.17. The fraction of sp³-hybridized carbons (Fsp3) is 0.455. The maximum Gasteiger partial charge on any atom is 0.0949 e. The van der Waals surface area contributed by atoms with Gasteiger partial charge in [0, 0.05) is 13.2 Å². The highest BCUT2D eigenvalue weighted by atomic mass is 16.5. The zero-order valence-electron chi connectivity index (χ0n) is 8.29. The van der Waals surface area contributed by atoms with E-state index in [0.717, 1.165) is 0 Å². The Kier molecular flexibility index (Phi) is 3.93. The second kappa shape index (κ2) is 5.00. The lowest BCUT2D eigenvalue weighted by Crippen LogP contribution is -2.16. The van der Waals surface area contributed by atoms with Crippen molar-refractivity contribution < 1.29 is 4.74 Å². The van der Waals surface area contributed by atoms with Crippen molar-refractivity contribution in [1.29, 1.82) is 0 Å². The van der Waals surface area contributed by atoms with Crippen LogP contribution in [0, 0.1) is 6.92 Å². The molecule has 2 heteroatoms. The standard InChI is InChI=1S/C11H17NO/c1-3-13-11(8-12)10-7-5-4-6-9(10)2/h4-7,11H,3,8,12H2,1-2H3. The van der Waals surface area contributed by atoms with Crippen LogP contribution >= 0.6 is 0 Å². The van der Waals surface area contributed by atoms with Gasteiger partial charge in [0.25, 0.3) is 0 Å². The maximum atomic E-state index is 5.63. The minimum atomic E-state index is 0.0474. The molecular weight excluding hydrogens is 162 g/mol. The summed E-state index contributed by atoms with van der Waals surface area (Å²) in [6.45, 7) is 5.31. The molecule has 2 nitrogen and oxygen atoms in total. The monoisotopic (exact) mass is 179 g/mol. The quantitative estimate of drug-likeness (QED) is 0.767. The van der Waals surface area contributed by atoms with Crippen LogP contribution in [0.4, 0.5) is 0 Å². The van der Waals surface area contributed by atoms with E-state index in [2.05, 4.69) is 19.1 Å². The molecule has 0 fully saturated rings. The van der Waals surface area contributed by atoms with Crippen LogP contribution in [0.1, 0.15) is 24.2 Å². The Balaban J connectivity index is 2.84. The third-order valence-electron chi connectivity index (χ3n) is 2.12. The molecule has 0 aromatic heterocycles. The summed E-state index contributed by atoms with van der Waals surface area (Å²) in [6, 6.07) is 8.20. The normalized spacial score (nSPS) is 12.8. The number of benzene rings is 1. The summed E-state index contributed by atoms with van der Waals surface area (Å²) in [5.41, 5.74) is 8.08. The number of aryl methyl sites for hydroxylation is 1. The van der Waals surface area contributed by atoms with E-state index in [1.807, 2.05) is 19.1 Å². The fourth-order valence-corrected chi connectivity index (χ4v) is 1.43. The van der Waals surface area contributed by atoms with Gasteiger partial charge in [-0.2, -0.15) is 0 Å². The van der Waals surface area contributed by atoms with E-state index in [-0.39, 0.29) is 6.10 Å². The van der Waals surface area contributed by atoms with Crippen LogP contribution in [0.25, 0.3) is 0 Å². The molecule has 0 heterocycles. The number of rotatable bonds is 4. The Hall–Kier alpha value is -0.860. The van der Waals surface area contributed by atoms with Crippen molar-refractivity contribution in [3.05, 3.63) is 35.4 Å². The molecule has 0 bridgehead atoms. The Morgan fingerprint density at radius 3 is 2.62 bits per heavy atom. The molecule has 0 aliphatic rings. The van der Waals surface area contributed by atoms with Crippen LogP contribution in [-0.4, -0.2) is 13.2 Å². The molecule has 0 saturated carbocycles. The van der Waals surface area contributed by atoms with Crippen molar-refractivity contribution in [3.63, 3.8) is 0 Å². The molecular formula is C11H17NO. The molecule has 1 rings (SSSR count). The van der Waals surface area contributed by atoms with Gasteiger partial charge in [0.2, 0.25) is 0 Å². The minimum absolute atomic E-state index is 0.0474. The predicted octanol–water partition coefficient (Wildman–Crippen LogP) is 2.03. The van der Waals surface area contributed by atoms with Gasteiger partial charge >= 0.3 is 0 Å². The second-order valence-corrected chi connectivity index (χ2v) is 3.04. The first kappa shape index (κ1) is 10.2. The van der Waals surface area contributed by atoms with E-state index < -0.39 is 0 Å². The van der Waals surface area contributed by atoms with Crippen molar-refractivity contribution >= 4 is 0 Å². The lowest BCUT2D eigenvalue weighted by atomic mass is 10.0. The number of nitrogens with two attached hydrogens (primary N) is 1. The van der Waals surface area contributed by atoms with Crippen LogP contribution in [0.15, 0.2) is 24.3 Å². The molecule has 2 N–H and O–H groups in total. The van der Waals surface area contributed by atoms with Crippen molar-refractivity contribution in [2.75, 3.05) is 13.2 Å². The van der Waals surface area contributed by atoms with Crippen molar-refractivity contribution in [1.82, 2.24) is 0 Å². The average Bonchev–Trinajstić information content (AvgIpc) is 2.16. The van der Waals surface area contributed by atoms with E-state index in [4.69, 9.17) is 10.5 Å². The molecule has 1 aromatic carbocycles. The third-order valence-corrected chi connectivity index (χ3v) is 2.12. The molecule has 1 aromatic rings. The largest absolute Gasteiger partial charge is 0.372 e. The molecule has 0 spiro atoms. The van der Waals surface area contributed by atoms with Crippen molar-refractivity contribution in [2.45, 2.75) is 20.0 Å². The van der Waals surface area contributed by atoms with Crippen LogP contribution in [0.5, 0.6) is 0 Å². The summed E-state index contributed by atoms with van der Waals surface area (Å²) < 4.78 is 5.53. The summed E-state index contributed by atoms with van der Waals surface area (Å²) in [4.78, 5) is 0. The minimum Gasteiger partial charge on any atom is -0.372 e. The smallest absolute Gasteiger partial charge is 0.0949 e. The molecule has 72 valence electrons. The highest BCUT2D eigenvalue weighted by Crippen LogP contribution is 2.19. The van der Waals surface area contributed by atoms with Crippen LogP contribution in [0.2, 0.25) is 0 Å². The fourth-order valence-electron chi connectivity index (χ4n) is 1.43. The molecule has 1 unspecified atom stereocenters. The van der Waals surface area contributed by atoms with Crippen LogP contribution < -0.4 is 5.73 Å². The van der Waals surface area contributed by atoms with Crippen molar-refractivity contribution in [3.8, 4) is 0 Å². The van der Waals surface area contributed by atoms with Gasteiger partial charge in [0.05, 0.1) is 6.10 Å². The molecule has 0 radical (unpaired) electrons. The summed E-state index contributed by atoms with van der Waals surface area (Å²) >= 11 is 0. The average molecular weight is 179 g/mol. The number of hydrogen-bond donors (Lipinski definition) is 1. The Morgan fingerprint density at radius 1 is 1.38 bits per heavy atom. The Bertz CT molecular complexity index is 260. The molecule has 0 aliphatic carbocycles. The topological polar surface area (TPSA) is 35.2 Å². The summed E-state index contributed by atoms with van der Waals surface area (Å²) in [7, 11) is 0. The first-order valence-corrected chi connectivity index (χ1v) is 4.66. The Labute approximate surface area is 79.7 Å². The number of hydrogen-bond acceptors (Lipinski definition) is 2. The lowest BCUT2D eigenvalue weighted by molar-refractivity contribution is 0.0684. The maximum absolute atomic E-state index is 5.63. The van der Waals surface area contributed by atoms with Gasteiger partial charge in [-0.05, 0) is 25.0 Å². The first-order valence-electron chi connectivity index (χ1n) is 4.66. The van der Waals surface area contributed by atoms with Gasteiger partial charge < -0.3 is 10.5 Å². The van der Waals surface area contributed by atoms with E-state index in [1.54, 1.807) is 0 Å². The molecule has 13 heavy (non-hydrogen) atoms. The van der Waals surface area contributed by atoms with Crippen molar-refractivity contribution in [2.24, 2.45) is 5.73 Å². The zero-order chi connectivity index (χ0) is 9.68. The predicted molar refractivity (Wildman–Crippen MR) is 54.6 cm³/mol. The van der Waals surface area contributed by atoms with E-state index in [9.17, 15) is 0 Å². The third kappa shape index (κ3) is 2.54.